The first-order chi connectivity index (χ1) is 15.0. The van der Waals surface area contributed by atoms with Crippen LogP contribution in [0.1, 0.15) is 15.9 Å². The number of rotatable bonds is 8. The number of hydrogen-bond acceptors (Lipinski definition) is 4. The Hall–Kier alpha value is -4.26. The molecule has 0 fully saturated rings. The van der Waals surface area contributed by atoms with Gasteiger partial charge in [0.1, 0.15) is 30.5 Å². The van der Waals surface area contributed by atoms with Crippen molar-refractivity contribution in [1.29, 1.82) is 5.41 Å². The summed E-state index contributed by atoms with van der Waals surface area (Å²) in [5.74, 6) is 1.02. The first-order valence-electron chi connectivity index (χ1n) is 9.73. The van der Waals surface area contributed by atoms with Gasteiger partial charge >= 0.3 is 0 Å². The highest BCUT2D eigenvalue weighted by Crippen LogP contribution is 2.26. The number of carbonyl (C=O) groups is 1. The van der Waals surface area contributed by atoms with E-state index in [1.807, 2.05) is 36.4 Å². The highest BCUT2D eigenvalue weighted by Gasteiger charge is 2.07. The first kappa shape index (κ1) is 20.0. The molecule has 1 amide bonds. The van der Waals surface area contributed by atoms with Crippen molar-refractivity contribution in [2.45, 2.75) is 0 Å². The van der Waals surface area contributed by atoms with E-state index < -0.39 is 5.91 Å². The maximum Gasteiger partial charge on any atom is 0.248 e. The second-order valence-electron chi connectivity index (χ2n) is 7.01. The quantitative estimate of drug-likeness (QED) is 0.199. The predicted molar refractivity (Wildman–Crippen MR) is 121 cm³/mol. The maximum atomic E-state index is 11.4. The molecule has 156 valence electrons. The van der Waals surface area contributed by atoms with Crippen LogP contribution in [0.5, 0.6) is 11.5 Å². The summed E-state index contributed by atoms with van der Waals surface area (Å²) in [5, 5.41) is 8.40. The van der Waals surface area contributed by atoms with Crippen LogP contribution >= 0.6 is 0 Å². The van der Waals surface area contributed by atoms with E-state index in [2.05, 4.69) is 4.98 Å². The smallest absolute Gasteiger partial charge is 0.248 e. The van der Waals surface area contributed by atoms with E-state index in [4.69, 9.17) is 26.4 Å². The van der Waals surface area contributed by atoms with Gasteiger partial charge in [-0.1, -0.05) is 6.07 Å². The average molecular weight is 414 g/mol. The number of amides is 1. The molecule has 7 nitrogen and oxygen atoms in total. The van der Waals surface area contributed by atoms with Crippen molar-refractivity contribution in [3.63, 3.8) is 0 Å². The van der Waals surface area contributed by atoms with Gasteiger partial charge in [-0.3, -0.25) is 10.2 Å². The van der Waals surface area contributed by atoms with Gasteiger partial charge in [-0.25, -0.2) is 0 Å². The van der Waals surface area contributed by atoms with E-state index in [9.17, 15) is 4.79 Å². The second kappa shape index (κ2) is 8.62. The van der Waals surface area contributed by atoms with Crippen LogP contribution in [-0.4, -0.2) is 29.9 Å². The molecule has 0 bridgehead atoms. The molecule has 4 aromatic rings. The summed E-state index contributed by atoms with van der Waals surface area (Å²) in [6.45, 7) is 0.793. The van der Waals surface area contributed by atoms with Gasteiger partial charge in [0.15, 0.2) is 0 Å². The van der Waals surface area contributed by atoms with E-state index >= 15 is 0 Å². The van der Waals surface area contributed by atoms with Gasteiger partial charge in [0.05, 0.1) is 0 Å². The minimum Gasteiger partial charge on any atom is -0.490 e. The van der Waals surface area contributed by atoms with Gasteiger partial charge in [-0.05, 0) is 72.3 Å². The van der Waals surface area contributed by atoms with Crippen LogP contribution in [0.2, 0.25) is 0 Å². The summed E-state index contributed by atoms with van der Waals surface area (Å²) in [4.78, 5) is 14.7. The first-order valence-corrected chi connectivity index (χ1v) is 9.73. The molecule has 0 saturated carbocycles. The number of hydrogen-bond donors (Lipinski definition) is 4. The van der Waals surface area contributed by atoms with Crippen LogP contribution in [0.25, 0.3) is 22.2 Å². The van der Waals surface area contributed by atoms with Crippen molar-refractivity contribution in [3.05, 3.63) is 83.9 Å². The number of ether oxygens (including phenoxy) is 2. The lowest BCUT2D eigenvalue weighted by atomic mass is 10.1. The number of benzene rings is 3. The Morgan fingerprint density at radius 3 is 1.97 bits per heavy atom. The SMILES string of the molecule is N=C(N)c1ccc(OCCOc2ccc(-c3cc4ccc(C(N)=O)cc4[nH]3)cc2)cc1. The van der Waals surface area contributed by atoms with Gasteiger partial charge in [0, 0.05) is 27.7 Å². The maximum absolute atomic E-state index is 11.4. The normalized spacial score (nSPS) is 10.7. The third kappa shape index (κ3) is 4.67. The number of aromatic amines is 1. The standard InChI is InChI=1S/C24H22N4O3/c25-23(26)16-5-9-20(10-6-16)31-12-11-30-19-7-3-15(4-8-19)21-13-17-1-2-18(24(27)29)14-22(17)28-21/h1-10,13-14,28H,11-12H2,(H3,25,26)(H2,27,29). The molecule has 1 heterocycles. The van der Waals surface area contributed by atoms with Crippen molar-refractivity contribution in [2.75, 3.05) is 13.2 Å². The lowest BCUT2D eigenvalue weighted by Crippen LogP contribution is -2.11. The molecule has 1 aromatic heterocycles. The molecule has 0 radical (unpaired) electrons. The van der Waals surface area contributed by atoms with Crippen LogP contribution in [0.4, 0.5) is 0 Å². The number of primary amides is 1. The van der Waals surface area contributed by atoms with E-state index in [1.165, 1.54) is 0 Å². The number of H-pyrrole nitrogens is 1. The van der Waals surface area contributed by atoms with Crippen LogP contribution < -0.4 is 20.9 Å². The third-order valence-electron chi connectivity index (χ3n) is 4.86. The molecule has 0 aliphatic rings. The Balaban J connectivity index is 1.33. The zero-order valence-electron chi connectivity index (χ0n) is 16.7. The average Bonchev–Trinajstić information content (AvgIpc) is 3.21. The molecular weight excluding hydrogens is 392 g/mol. The number of aromatic nitrogens is 1. The topological polar surface area (TPSA) is 127 Å². The Labute approximate surface area is 179 Å². The Morgan fingerprint density at radius 2 is 1.39 bits per heavy atom. The number of nitrogen functional groups attached to an aromatic ring is 1. The number of carbonyl (C=O) groups excluding carboxylic acids is 1. The third-order valence-corrected chi connectivity index (χ3v) is 4.86. The van der Waals surface area contributed by atoms with Crippen molar-refractivity contribution in [1.82, 2.24) is 4.98 Å². The summed E-state index contributed by atoms with van der Waals surface area (Å²) < 4.78 is 11.4. The Kier molecular flexibility index (Phi) is 5.57. The van der Waals surface area contributed by atoms with Crippen molar-refractivity contribution in [2.24, 2.45) is 11.5 Å². The molecule has 0 unspecified atom stereocenters. The van der Waals surface area contributed by atoms with Crippen LogP contribution in [0.3, 0.4) is 0 Å². The fourth-order valence-corrected chi connectivity index (χ4v) is 3.22. The lowest BCUT2D eigenvalue weighted by molar-refractivity contribution is 0.100. The Morgan fingerprint density at radius 1 is 0.806 bits per heavy atom. The molecule has 0 aliphatic carbocycles. The number of amidine groups is 1. The van der Waals surface area contributed by atoms with E-state index in [-0.39, 0.29) is 5.84 Å². The summed E-state index contributed by atoms with van der Waals surface area (Å²) in [6, 6.07) is 22.2. The molecule has 0 atom stereocenters. The van der Waals surface area contributed by atoms with Gasteiger partial charge < -0.3 is 25.9 Å². The predicted octanol–water partition coefficient (Wildman–Crippen LogP) is 3.68. The minimum absolute atomic E-state index is 0.0289. The van der Waals surface area contributed by atoms with Crippen molar-refractivity contribution in [3.8, 4) is 22.8 Å². The van der Waals surface area contributed by atoms with Gasteiger partial charge in [-0.15, -0.1) is 0 Å². The fourth-order valence-electron chi connectivity index (χ4n) is 3.22. The van der Waals surface area contributed by atoms with E-state index in [0.29, 0.717) is 30.1 Å². The molecule has 4 rings (SSSR count). The van der Waals surface area contributed by atoms with E-state index in [1.54, 1.807) is 36.4 Å². The Bertz CT molecular complexity index is 1230. The molecule has 3 aromatic carbocycles. The number of nitrogens with one attached hydrogen (secondary N) is 2. The zero-order chi connectivity index (χ0) is 21.8. The summed E-state index contributed by atoms with van der Waals surface area (Å²) in [5.41, 5.74) is 14.7. The molecule has 7 heteroatoms. The second-order valence-corrected chi connectivity index (χ2v) is 7.01. The summed E-state index contributed by atoms with van der Waals surface area (Å²) >= 11 is 0. The van der Waals surface area contributed by atoms with Gasteiger partial charge in [-0.2, -0.15) is 0 Å². The van der Waals surface area contributed by atoms with E-state index in [0.717, 1.165) is 27.9 Å². The largest absolute Gasteiger partial charge is 0.490 e. The number of nitrogens with two attached hydrogens (primary N) is 2. The zero-order valence-corrected chi connectivity index (χ0v) is 16.7. The molecule has 6 N–H and O–H groups in total. The monoisotopic (exact) mass is 414 g/mol. The van der Waals surface area contributed by atoms with Crippen LogP contribution in [-0.2, 0) is 0 Å². The minimum atomic E-state index is -0.448. The van der Waals surface area contributed by atoms with Crippen molar-refractivity contribution >= 4 is 22.6 Å². The van der Waals surface area contributed by atoms with Crippen molar-refractivity contribution < 1.29 is 14.3 Å². The number of fused-ring (bicyclic) bond motifs is 1. The van der Waals surface area contributed by atoms with Crippen LogP contribution in [0.15, 0.2) is 72.8 Å². The lowest BCUT2D eigenvalue weighted by Gasteiger charge is -2.09. The summed E-state index contributed by atoms with van der Waals surface area (Å²) in [7, 11) is 0. The molecule has 0 spiro atoms. The van der Waals surface area contributed by atoms with Crippen LogP contribution in [0, 0.1) is 5.41 Å². The molecule has 0 aliphatic heterocycles. The highest BCUT2D eigenvalue weighted by atomic mass is 16.5. The van der Waals surface area contributed by atoms with Gasteiger partial charge in [0.2, 0.25) is 5.91 Å². The van der Waals surface area contributed by atoms with Gasteiger partial charge in [0.25, 0.3) is 0 Å². The highest BCUT2D eigenvalue weighted by molar-refractivity contribution is 5.98. The molecular formula is C24H22N4O3. The molecule has 0 saturated heterocycles. The molecule has 31 heavy (non-hydrogen) atoms. The summed E-state index contributed by atoms with van der Waals surface area (Å²) in [6.07, 6.45) is 0. The fraction of sp³-hybridized carbons (Fsp3) is 0.0833.